The van der Waals surface area contributed by atoms with Gasteiger partial charge in [0, 0.05) is 31.0 Å². The Morgan fingerprint density at radius 3 is 2.19 bits per heavy atom. The lowest BCUT2D eigenvalue weighted by Gasteiger charge is -2.34. The maximum absolute atomic E-state index is 14.4. The number of rotatable bonds is 8. The zero-order valence-corrected chi connectivity index (χ0v) is 25.4. The molecule has 42 heavy (non-hydrogen) atoms. The zero-order valence-electron chi connectivity index (χ0n) is 25.4. The van der Waals surface area contributed by atoms with Gasteiger partial charge in [0.05, 0.1) is 5.52 Å². The van der Waals surface area contributed by atoms with Crippen LogP contribution in [-0.4, -0.2) is 46.4 Å². The smallest absolute Gasteiger partial charge is 0.249 e. The van der Waals surface area contributed by atoms with Crippen molar-refractivity contribution in [1.82, 2.24) is 20.3 Å². The highest BCUT2D eigenvalue weighted by Gasteiger charge is 2.35. The van der Waals surface area contributed by atoms with E-state index in [1.807, 2.05) is 100 Å². The second-order valence-corrected chi connectivity index (χ2v) is 12.6. The SMILES string of the molecule is CN(C)c1ccc([C@H](C(=O)NC(C)(C)C)N(C(=O)Cn2nnc3ccccc32)c2ccc(C3CCCCC3)cc2)cc1. The lowest BCUT2D eigenvalue weighted by atomic mass is 9.84. The van der Waals surface area contributed by atoms with Gasteiger partial charge in [0.15, 0.2) is 0 Å². The van der Waals surface area contributed by atoms with Crippen molar-refractivity contribution in [2.75, 3.05) is 23.9 Å². The normalized spacial score (nSPS) is 14.9. The predicted molar refractivity (Wildman–Crippen MR) is 169 cm³/mol. The maximum Gasteiger partial charge on any atom is 0.249 e. The summed E-state index contributed by atoms with van der Waals surface area (Å²) >= 11 is 0. The van der Waals surface area contributed by atoms with Gasteiger partial charge in [0.1, 0.15) is 18.1 Å². The van der Waals surface area contributed by atoms with Crippen LogP contribution in [0.25, 0.3) is 11.0 Å². The first kappa shape index (κ1) is 29.3. The molecule has 1 atom stereocenters. The van der Waals surface area contributed by atoms with Gasteiger partial charge < -0.3 is 10.2 Å². The summed E-state index contributed by atoms with van der Waals surface area (Å²) in [5.41, 5.74) is 4.71. The zero-order chi connectivity index (χ0) is 29.9. The van der Waals surface area contributed by atoms with Crippen LogP contribution in [0.4, 0.5) is 11.4 Å². The van der Waals surface area contributed by atoms with E-state index in [1.54, 1.807) is 9.58 Å². The summed E-state index contributed by atoms with van der Waals surface area (Å²) in [6.07, 6.45) is 6.18. The highest BCUT2D eigenvalue weighted by Crippen LogP contribution is 2.35. The fourth-order valence-electron chi connectivity index (χ4n) is 5.83. The van der Waals surface area contributed by atoms with Crippen LogP contribution in [0.15, 0.2) is 72.8 Å². The van der Waals surface area contributed by atoms with E-state index in [9.17, 15) is 9.59 Å². The topological polar surface area (TPSA) is 83.4 Å². The van der Waals surface area contributed by atoms with Gasteiger partial charge in [-0.25, -0.2) is 4.68 Å². The second kappa shape index (κ2) is 12.3. The van der Waals surface area contributed by atoms with Crippen molar-refractivity contribution in [2.45, 2.75) is 76.9 Å². The van der Waals surface area contributed by atoms with Crippen molar-refractivity contribution >= 4 is 34.2 Å². The Morgan fingerprint density at radius 1 is 0.905 bits per heavy atom. The van der Waals surface area contributed by atoms with Crippen molar-refractivity contribution < 1.29 is 9.59 Å². The Kier molecular flexibility index (Phi) is 8.61. The van der Waals surface area contributed by atoms with E-state index in [0.717, 1.165) is 22.3 Å². The molecule has 5 rings (SSSR count). The summed E-state index contributed by atoms with van der Waals surface area (Å²) in [6.45, 7) is 5.79. The molecule has 1 heterocycles. The third-order valence-electron chi connectivity index (χ3n) is 7.95. The van der Waals surface area contributed by atoms with Crippen LogP contribution in [0, 0.1) is 0 Å². The van der Waals surface area contributed by atoms with Gasteiger partial charge in [0.2, 0.25) is 11.8 Å². The minimum absolute atomic E-state index is 0.0556. The molecule has 3 aromatic carbocycles. The molecule has 8 nitrogen and oxygen atoms in total. The maximum atomic E-state index is 14.4. The highest BCUT2D eigenvalue weighted by molar-refractivity contribution is 6.01. The molecule has 1 fully saturated rings. The molecular formula is C34H42N6O2. The first-order valence-electron chi connectivity index (χ1n) is 14.9. The molecule has 0 radical (unpaired) electrons. The lowest BCUT2D eigenvalue weighted by molar-refractivity contribution is -0.128. The van der Waals surface area contributed by atoms with Crippen LogP contribution >= 0.6 is 0 Å². The summed E-state index contributed by atoms with van der Waals surface area (Å²) in [4.78, 5) is 32.1. The molecule has 0 saturated heterocycles. The van der Waals surface area contributed by atoms with Gasteiger partial charge in [-0.2, -0.15) is 0 Å². The van der Waals surface area contributed by atoms with Gasteiger partial charge in [-0.15, -0.1) is 5.10 Å². The molecule has 2 amide bonds. The number of carbonyl (C=O) groups excluding carboxylic acids is 2. The van der Waals surface area contributed by atoms with E-state index in [4.69, 9.17) is 0 Å². The van der Waals surface area contributed by atoms with Crippen molar-refractivity contribution in [3.8, 4) is 0 Å². The monoisotopic (exact) mass is 566 g/mol. The summed E-state index contributed by atoms with van der Waals surface area (Å²) in [5, 5.41) is 11.6. The predicted octanol–water partition coefficient (Wildman–Crippen LogP) is 6.23. The Morgan fingerprint density at radius 2 is 1.55 bits per heavy atom. The van der Waals surface area contributed by atoms with Gasteiger partial charge in [-0.3, -0.25) is 14.5 Å². The van der Waals surface area contributed by atoms with E-state index < -0.39 is 11.6 Å². The Bertz CT molecular complexity index is 1510. The average Bonchev–Trinajstić information content (AvgIpc) is 3.38. The fourth-order valence-corrected chi connectivity index (χ4v) is 5.83. The summed E-state index contributed by atoms with van der Waals surface area (Å²) in [7, 11) is 3.95. The van der Waals surface area contributed by atoms with E-state index >= 15 is 0 Å². The number of aromatic nitrogens is 3. The van der Waals surface area contributed by atoms with E-state index in [1.165, 1.54) is 37.7 Å². The molecule has 1 saturated carbocycles. The number of hydrogen-bond donors (Lipinski definition) is 1. The number of nitrogens with zero attached hydrogens (tertiary/aromatic N) is 5. The molecule has 4 aromatic rings. The van der Waals surface area contributed by atoms with Gasteiger partial charge >= 0.3 is 0 Å². The number of anilines is 2. The third-order valence-corrected chi connectivity index (χ3v) is 7.95. The molecule has 0 aliphatic heterocycles. The Hall–Kier alpha value is -4.20. The van der Waals surface area contributed by atoms with E-state index in [-0.39, 0.29) is 18.4 Å². The van der Waals surface area contributed by atoms with Crippen molar-refractivity contribution in [3.63, 3.8) is 0 Å². The summed E-state index contributed by atoms with van der Waals surface area (Å²) in [6, 6.07) is 22.8. The van der Waals surface area contributed by atoms with Crippen molar-refractivity contribution in [1.29, 1.82) is 0 Å². The number of para-hydroxylation sites is 1. The van der Waals surface area contributed by atoms with E-state index in [0.29, 0.717) is 11.6 Å². The summed E-state index contributed by atoms with van der Waals surface area (Å²) in [5.74, 6) is 0.0482. The molecule has 0 unspecified atom stereocenters. The quantitative estimate of drug-likeness (QED) is 0.273. The molecule has 1 N–H and O–H groups in total. The van der Waals surface area contributed by atoms with Crippen molar-refractivity contribution in [3.05, 3.63) is 83.9 Å². The first-order chi connectivity index (χ1) is 20.1. The third kappa shape index (κ3) is 6.64. The number of benzene rings is 3. The molecule has 1 aromatic heterocycles. The Labute approximate surface area is 248 Å². The number of fused-ring (bicyclic) bond motifs is 1. The number of carbonyl (C=O) groups is 2. The van der Waals surface area contributed by atoms with Crippen LogP contribution in [0.2, 0.25) is 0 Å². The number of hydrogen-bond acceptors (Lipinski definition) is 5. The molecular weight excluding hydrogens is 524 g/mol. The Balaban J connectivity index is 1.58. The standard InChI is InChI=1S/C34H42N6O2/c1-34(2,3)35-33(42)32(26-17-19-27(20-18-26)38(4)5)40(28-21-15-25(16-22-28)24-11-7-6-8-12-24)31(41)23-39-30-14-10-9-13-29(30)36-37-39/h9-10,13-22,24,32H,6-8,11-12,23H2,1-5H3,(H,35,42)/t32-/m1/s1. The number of nitrogens with one attached hydrogen (secondary N) is 1. The molecule has 220 valence electrons. The van der Waals surface area contributed by atoms with Crippen LogP contribution in [0.3, 0.4) is 0 Å². The molecule has 0 spiro atoms. The molecule has 1 aliphatic rings. The average molecular weight is 567 g/mol. The largest absolute Gasteiger partial charge is 0.378 e. The van der Waals surface area contributed by atoms with Crippen LogP contribution in [-0.2, 0) is 16.1 Å². The summed E-state index contributed by atoms with van der Waals surface area (Å²) < 4.78 is 1.61. The van der Waals surface area contributed by atoms with Crippen LogP contribution < -0.4 is 15.1 Å². The van der Waals surface area contributed by atoms with Gasteiger partial charge in [-0.1, -0.05) is 60.9 Å². The highest BCUT2D eigenvalue weighted by atomic mass is 16.2. The molecule has 1 aliphatic carbocycles. The fraction of sp³-hybridized carbons (Fsp3) is 0.412. The van der Waals surface area contributed by atoms with Crippen LogP contribution in [0.1, 0.15) is 76.0 Å². The van der Waals surface area contributed by atoms with Crippen LogP contribution in [0.5, 0.6) is 0 Å². The second-order valence-electron chi connectivity index (χ2n) is 12.6. The first-order valence-corrected chi connectivity index (χ1v) is 14.9. The minimum atomic E-state index is -0.886. The minimum Gasteiger partial charge on any atom is -0.378 e. The van der Waals surface area contributed by atoms with Crippen molar-refractivity contribution in [2.24, 2.45) is 0 Å². The van der Waals surface area contributed by atoms with E-state index in [2.05, 4.69) is 27.8 Å². The van der Waals surface area contributed by atoms with Gasteiger partial charge in [-0.05, 0) is 87.1 Å². The number of amides is 2. The lowest BCUT2D eigenvalue weighted by Crippen LogP contribution is -2.50. The molecule has 0 bridgehead atoms. The van der Waals surface area contributed by atoms with Gasteiger partial charge in [0.25, 0.3) is 0 Å². The molecule has 8 heteroatoms.